The predicted octanol–water partition coefficient (Wildman–Crippen LogP) is 7.60. The van der Waals surface area contributed by atoms with Gasteiger partial charge in [-0.15, -0.1) is 0 Å². The second kappa shape index (κ2) is 27.2. The van der Waals surface area contributed by atoms with Gasteiger partial charge in [0, 0.05) is 48.3 Å². The maximum atomic E-state index is 10.5. The zero-order valence-electron chi connectivity index (χ0n) is 29.8. The summed E-state index contributed by atoms with van der Waals surface area (Å²) in [6.07, 6.45) is 28.6. The van der Waals surface area contributed by atoms with Crippen LogP contribution in [0.3, 0.4) is 0 Å². The van der Waals surface area contributed by atoms with Crippen LogP contribution in [0.1, 0.15) is 142 Å². The molecule has 0 spiro atoms. The minimum Gasteiger partial charge on any atom is -0.303 e. The molecule has 4 rings (SSSR count). The Morgan fingerprint density at radius 1 is 0.438 bits per heavy atom. The summed E-state index contributed by atoms with van der Waals surface area (Å²) in [6, 6.07) is 0. The third kappa shape index (κ3) is 18.2. The summed E-state index contributed by atoms with van der Waals surface area (Å²) in [5.41, 5.74) is 0. The van der Waals surface area contributed by atoms with Crippen LogP contribution in [-0.4, -0.2) is 50.3 Å². The highest BCUT2D eigenvalue weighted by atomic mass is 16.1. The van der Waals surface area contributed by atoms with E-state index in [-0.39, 0.29) is 29.6 Å². The van der Waals surface area contributed by atoms with E-state index in [2.05, 4.69) is 0 Å². The highest BCUT2D eigenvalue weighted by Gasteiger charge is 2.26. The van der Waals surface area contributed by atoms with Crippen LogP contribution in [0, 0.1) is 59.2 Å². The van der Waals surface area contributed by atoms with Gasteiger partial charge in [0.2, 0.25) is 0 Å². The summed E-state index contributed by atoms with van der Waals surface area (Å²) in [5, 5.41) is 0. The van der Waals surface area contributed by atoms with Crippen molar-refractivity contribution in [2.24, 2.45) is 59.2 Å². The topological polar surface area (TPSA) is 137 Å². The Balaban J connectivity index is 0.000000320. The van der Waals surface area contributed by atoms with Crippen LogP contribution in [0.2, 0.25) is 0 Å². The lowest BCUT2D eigenvalue weighted by molar-refractivity contribution is -0.115. The number of carbonyl (C=O) groups is 8. The van der Waals surface area contributed by atoms with Crippen molar-refractivity contribution in [3.8, 4) is 0 Å². The monoisotopic (exact) mass is 672 g/mol. The molecule has 48 heavy (non-hydrogen) atoms. The third-order valence-corrected chi connectivity index (χ3v) is 11.4. The first-order valence-corrected chi connectivity index (χ1v) is 18.9. The maximum Gasteiger partial charge on any atom is 0.123 e. The standard InChI is InChI=1S/4C10H16O2/c1-8(6-11)10-4-2-9(7-12)3-5-10;1-8(6-11)10-4-2-3-9(5-10)7-12;11-6-2-5-9-3-1-4-10(7-9)8-12;11-7-1-2-9-3-5-10(8-12)6-4-9/h2*6-10H,2-5H2,1H3;6,8-10H,1-5,7H2;7-10H,1-6H2. The summed E-state index contributed by atoms with van der Waals surface area (Å²) < 4.78 is 0. The average Bonchev–Trinajstić information content (AvgIpc) is 3.16. The van der Waals surface area contributed by atoms with Gasteiger partial charge in [0.15, 0.2) is 0 Å². The molecule has 0 saturated heterocycles. The second-order valence-electron chi connectivity index (χ2n) is 15.0. The van der Waals surface area contributed by atoms with Gasteiger partial charge in [-0.05, 0) is 120 Å². The quantitative estimate of drug-likeness (QED) is 0.172. The van der Waals surface area contributed by atoms with Crippen LogP contribution >= 0.6 is 0 Å². The van der Waals surface area contributed by atoms with Crippen LogP contribution in [0.25, 0.3) is 0 Å². The van der Waals surface area contributed by atoms with Crippen molar-refractivity contribution in [3.05, 3.63) is 0 Å². The van der Waals surface area contributed by atoms with Crippen molar-refractivity contribution in [2.75, 3.05) is 0 Å². The number of aldehydes is 8. The number of hydrogen-bond acceptors (Lipinski definition) is 8. The first-order valence-electron chi connectivity index (χ1n) is 18.9. The van der Waals surface area contributed by atoms with Crippen LogP contribution in [0.15, 0.2) is 0 Å². The minimum absolute atomic E-state index is 0.132. The van der Waals surface area contributed by atoms with Crippen molar-refractivity contribution < 1.29 is 38.4 Å². The molecule has 0 N–H and O–H groups in total. The summed E-state index contributed by atoms with van der Waals surface area (Å²) in [6.45, 7) is 3.92. The van der Waals surface area contributed by atoms with E-state index in [1.165, 1.54) is 6.42 Å². The largest absolute Gasteiger partial charge is 0.303 e. The number of carbonyl (C=O) groups excluding carboxylic acids is 8. The molecule has 0 aromatic heterocycles. The molecule has 0 aliphatic heterocycles. The van der Waals surface area contributed by atoms with E-state index in [1.54, 1.807) is 0 Å². The van der Waals surface area contributed by atoms with Gasteiger partial charge < -0.3 is 38.4 Å². The number of rotatable bonds is 14. The second-order valence-corrected chi connectivity index (χ2v) is 15.0. The Hall–Kier alpha value is -2.64. The minimum atomic E-state index is 0.132. The van der Waals surface area contributed by atoms with Gasteiger partial charge in [-0.3, -0.25) is 0 Å². The van der Waals surface area contributed by atoms with Gasteiger partial charge in [-0.2, -0.15) is 0 Å². The predicted molar refractivity (Wildman–Crippen MR) is 187 cm³/mol. The molecule has 0 aromatic carbocycles. The molecular weight excluding hydrogens is 608 g/mol. The van der Waals surface area contributed by atoms with Crippen molar-refractivity contribution in [3.63, 3.8) is 0 Å². The Morgan fingerprint density at radius 3 is 1.35 bits per heavy atom. The lowest BCUT2D eigenvalue weighted by atomic mass is 9.77. The van der Waals surface area contributed by atoms with Crippen molar-refractivity contribution >= 4 is 50.3 Å². The molecule has 6 unspecified atom stereocenters. The zero-order chi connectivity index (χ0) is 35.6. The molecule has 6 atom stereocenters. The van der Waals surface area contributed by atoms with Gasteiger partial charge >= 0.3 is 0 Å². The molecule has 0 amide bonds. The Labute approximate surface area is 289 Å². The Morgan fingerprint density at radius 2 is 0.875 bits per heavy atom. The van der Waals surface area contributed by atoms with E-state index in [0.29, 0.717) is 42.4 Å². The fourth-order valence-corrected chi connectivity index (χ4v) is 7.84. The fourth-order valence-electron chi connectivity index (χ4n) is 7.84. The lowest BCUT2D eigenvalue weighted by Gasteiger charge is -2.27. The van der Waals surface area contributed by atoms with Crippen LogP contribution in [0.5, 0.6) is 0 Å². The molecule has 4 aliphatic rings. The molecule has 4 aliphatic carbocycles. The molecular formula is C40H64O8. The van der Waals surface area contributed by atoms with Gasteiger partial charge in [0.1, 0.15) is 50.3 Å². The first-order chi connectivity index (χ1) is 23.3. The van der Waals surface area contributed by atoms with E-state index in [0.717, 1.165) is 159 Å². The smallest absolute Gasteiger partial charge is 0.123 e. The van der Waals surface area contributed by atoms with Crippen LogP contribution in [0.4, 0.5) is 0 Å². The van der Waals surface area contributed by atoms with Gasteiger partial charge in [-0.1, -0.05) is 33.1 Å². The summed E-state index contributed by atoms with van der Waals surface area (Å²) in [5.74, 6) is 3.67. The molecule has 8 heteroatoms. The Bertz CT molecular complexity index is 906. The van der Waals surface area contributed by atoms with Crippen LogP contribution < -0.4 is 0 Å². The number of hydrogen-bond donors (Lipinski definition) is 0. The normalized spacial score (nSPS) is 31.0. The van der Waals surface area contributed by atoms with Gasteiger partial charge in [0.05, 0.1) is 0 Å². The van der Waals surface area contributed by atoms with Crippen LogP contribution in [-0.2, 0) is 38.4 Å². The van der Waals surface area contributed by atoms with E-state index in [9.17, 15) is 38.4 Å². The van der Waals surface area contributed by atoms with E-state index >= 15 is 0 Å². The zero-order valence-corrected chi connectivity index (χ0v) is 29.8. The first kappa shape index (κ1) is 43.4. The molecule has 4 fully saturated rings. The molecule has 4 saturated carbocycles. The highest BCUT2D eigenvalue weighted by Crippen LogP contribution is 2.33. The lowest BCUT2D eigenvalue weighted by Crippen LogP contribution is -2.22. The van der Waals surface area contributed by atoms with Crippen molar-refractivity contribution in [1.82, 2.24) is 0 Å². The van der Waals surface area contributed by atoms with Gasteiger partial charge in [-0.25, -0.2) is 0 Å². The van der Waals surface area contributed by atoms with Crippen molar-refractivity contribution in [2.45, 2.75) is 142 Å². The molecule has 0 aromatic rings. The summed E-state index contributed by atoms with van der Waals surface area (Å²) >= 11 is 0. The summed E-state index contributed by atoms with van der Waals surface area (Å²) in [4.78, 5) is 83.1. The summed E-state index contributed by atoms with van der Waals surface area (Å²) in [7, 11) is 0. The molecule has 0 bridgehead atoms. The molecule has 0 radical (unpaired) electrons. The highest BCUT2D eigenvalue weighted by molar-refractivity contribution is 5.56. The van der Waals surface area contributed by atoms with E-state index in [1.807, 2.05) is 13.8 Å². The third-order valence-electron chi connectivity index (χ3n) is 11.4. The van der Waals surface area contributed by atoms with E-state index < -0.39 is 0 Å². The molecule has 272 valence electrons. The maximum absolute atomic E-state index is 10.5. The molecule has 8 nitrogen and oxygen atoms in total. The fraction of sp³-hybridized carbons (Fsp3) is 0.800. The Kier molecular flexibility index (Phi) is 24.6. The van der Waals surface area contributed by atoms with Crippen molar-refractivity contribution in [1.29, 1.82) is 0 Å². The van der Waals surface area contributed by atoms with Gasteiger partial charge in [0.25, 0.3) is 0 Å². The SMILES string of the molecule is CC(C=O)C1CCC(C=O)CC1.CC(C=O)C1CCCC(C=O)C1.O=CCCC1CCC(C=O)CC1.O=CCCC1CCCC(C=O)C1. The molecule has 0 heterocycles. The van der Waals surface area contributed by atoms with E-state index in [4.69, 9.17) is 0 Å². The average molecular weight is 673 g/mol.